The number of benzene rings is 2. The molecule has 2 aliphatic carbocycles. The number of halogens is 2. The summed E-state index contributed by atoms with van der Waals surface area (Å²) in [6, 6.07) is 18.1. The van der Waals surface area contributed by atoms with Crippen LogP contribution in [0, 0.1) is 0 Å². The van der Waals surface area contributed by atoms with Crippen molar-refractivity contribution in [3.63, 3.8) is 0 Å². The quantitative estimate of drug-likeness (QED) is 0.608. The first kappa shape index (κ1) is 19.6. The van der Waals surface area contributed by atoms with Gasteiger partial charge in [-0.05, 0) is 0 Å². The van der Waals surface area contributed by atoms with Gasteiger partial charge in [-0.3, -0.25) is 0 Å². The fraction of sp³-hybridized carbons (Fsp3) is 0.190. The average molecular weight is 435 g/mol. The first-order valence-corrected chi connectivity index (χ1v) is 12.2. The van der Waals surface area contributed by atoms with Gasteiger partial charge in [-0.25, -0.2) is 0 Å². The molecule has 0 unspecified atom stereocenters. The van der Waals surface area contributed by atoms with E-state index in [9.17, 15) is 0 Å². The molecule has 0 heterocycles. The largest absolute Gasteiger partial charge is 1.00 e. The van der Waals surface area contributed by atoms with Crippen molar-refractivity contribution in [2.24, 2.45) is 0 Å². The first-order valence-electron chi connectivity index (χ1n) is 8.14. The van der Waals surface area contributed by atoms with Gasteiger partial charge in [-0.2, -0.15) is 0 Å². The molecule has 0 radical (unpaired) electrons. The molecule has 2 aromatic carbocycles. The number of hydrogen-bond donors (Lipinski definition) is 0. The Morgan fingerprint density at radius 1 is 0.958 bits per heavy atom. The van der Waals surface area contributed by atoms with Crippen molar-refractivity contribution in [1.82, 2.24) is 0 Å². The van der Waals surface area contributed by atoms with Gasteiger partial charge in [0.15, 0.2) is 0 Å². The van der Waals surface area contributed by atoms with E-state index in [1.807, 2.05) is 0 Å². The Morgan fingerprint density at radius 3 is 2.04 bits per heavy atom. The minimum Gasteiger partial charge on any atom is -1.00 e. The van der Waals surface area contributed by atoms with E-state index >= 15 is 0 Å². The van der Waals surface area contributed by atoms with Gasteiger partial charge >= 0.3 is 141 Å². The Bertz CT molecular complexity index is 773. The second-order valence-corrected chi connectivity index (χ2v) is 12.2. The summed E-state index contributed by atoms with van der Waals surface area (Å²) in [7, 11) is 0. The van der Waals surface area contributed by atoms with E-state index in [4.69, 9.17) is 0 Å². The predicted molar refractivity (Wildman–Crippen MR) is 91.9 cm³/mol. The Balaban J connectivity index is 0.00000104. The molecule has 0 fully saturated rings. The maximum atomic E-state index is 2.70. The van der Waals surface area contributed by atoms with Crippen LogP contribution in [0.3, 0.4) is 0 Å². The Labute approximate surface area is 164 Å². The van der Waals surface area contributed by atoms with Gasteiger partial charge in [0.1, 0.15) is 0 Å². The molecule has 0 aliphatic heterocycles. The summed E-state index contributed by atoms with van der Waals surface area (Å²) in [5.41, 5.74) is 6.10. The van der Waals surface area contributed by atoms with E-state index in [0.717, 1.165) is 0 Å². The van der Waals surface area contributed by atoms with E-state index in [1.54, 1.807) is 14.4 Å². The molecule has 0 atom stereocenters. The third-order valence-corrected chi connectivity index (χ3v) is 12.6. The van der Waals surface area contributed by atoms with Gasteiger partial charge in [-0.15, -0.1) is 0 Å². The second-order valence-electron chi connectivity index (χ2n) is 6.00. The van der Waals surface area contributed by atoms with Crippen molar-refractivity contribution in [1.29, 1.82) is 0 Å². The first-order chi connectivity index (χ1) is 10.9. The molecule has 0 spiro atoms. The van der Waals surface area contributed by atoms with Crippen molar-refractivity contribution in [2.45, 2.75) is 23.4 Å². The zero-order chi connectivity index (χ0) is 14.9. The van der Waals surface area contributed by atoms with Gasteiger partial charge < -0.3 is 24.8 Å². The van der Waals surface area contributed by atoms with Crippen molar-refractivity contribution in [3.05, 3.63) is 81.2 Å². The van der Waals surface area contributed by atoms with Crippen molar-refractivity contribution >= 4 is 3.71 Å². The van der Waals surface area contributed by atoms with Crippen LogP contribution in [0.15, 0.2) is 70.0 Å². The molecule has 0 amide bonds. The summed E-state index contributed by atoms with van der Waals surface area (Å²) < 4.78 is 5.12. The molecule has 0 saturated carbocycles. The van der Waals surface area contributed by atoms with Crippen LogP contribution in [-0.2, 0) is 21.3 Å². The second kappa shape index (κ2) is 8.57. The smallest absolute Gasteiger partial charge is 1.00 e. The third-order valence-electron chi connectivity index (χ3n) is 4.71. The fourth-order valence-electron chi connectivity index (χ4n) is 3.81. The normalized spacial score (nSPS) is 14.5. The Hall–Kier alpha value is -0.747. The molecular weight excluding hydrogens is 414 g/mol. The predicted octanol–water partition coefficient (Wildman–Crippen LogP) is -0.561. The molecule has 0 bridgehead atoms. The average Bonchev–Trinajstić information content (AvgIpc) is 3.20. The molecule has 4 rings (SSSR count). The monoisotopic (exact) mass is 432 g/mol. The number of fused-ring (bicyclic) bond motifs is 3. The molecule has 2 aromatic rings. The van der Waals surface area contributed by atoms with Crippen LogP contribution in [0.1, 0.15) is 34.5 Å². The van der Waals surface area contributed by atoms with E-state index in [0.29, 0.717) is 3.63 Å². The van der Waals surface area contributed by atoms with E-state index in [2.05, 4.69) is 77.4 Å². The van der Waals surface area contributed by atoms with Gasteiger partial charge in [0.2, 0.25) is 0 Å². The number of hydrogen-bond acceptors (Lipinski definition) is 0. The SMILES string of the molecule is CC/[CH]=[Zr+2](/[C]1=CC=CC1)[CH]1c2ccccc2-c2ccccc21.[Cl-].[Cl-]. The molecule has 2 aliphatic rings. The third kappa shape index (κ3) is 3.32. The zero-order valence-electron chi connectivity index (χ0n) is 13.7. The Morgan fingerprint density at radius 2 is 1.54 bits per heavy atom. The van der Waals surface area contributed by atoms with Crippen LogP contribution in [0.4, 0.5) is 0 Å². The van der Waals surface area contributed by atoms with Crippen LogP contribution in [-0.4, -0.2) is 3.71 Å². The minimum atomic E-state index is -1.82. The van der Waals surface area contributed by atoms with E-state index in [-0.39, 0.29) is 24.8 Å². The van der Waals surface area contributed by atoms with Gasteiger partial charge in [0.25, 0.3) is 0 Å². The topological polar surface area (TPSA) is 0 Å². The maximum absolute atomic E-state index is 2.70. The summed E-state index contributed by atoms with van der Waals surface area (Å²) in [6.07, 6.45) is 9.38. The van der Waals surface area contributed by atoms with E-state index < -0.39 is 21.3 Å². The molecular formula is C21H20Cl2Zr. The van der Waals surface area contributed by atoms with Crippen molar-refractivity contribution in [3.8, 4) is 11.1 Å². The van der Waals surface area contributed by atoms with Gasteiger partial charge in [0, 0.05) is 0 Å². The molecule has 24 heavy (non-hydrogen) atoms. The summed E-state index contributed by atoms with van der Waals surface area (Å²) in [4.78, 5) is 0. The fourth-order valence-corrected chi connectivity index (χ4v) is 11.5. The van der Waals surface area contributed by atoms with Crippen LogP contribution < -0.4 is 24.8 Å². The molecule has 0 saturated heterocycles. The summed E-state index contributed by atoms with van der Waals surface area (Å²) in [5.74, 6) is 0. The molecule has 3 heteroatoms. The minimum absolute atomic E-state index is 0. The standard InChI is InChI=1S/C13H9.C5H5.C3H6.2ClH.Zr/c1-3-7-12-10(5-1)9-11-6-2-4-8-13(11)12;1-2-4-5-3-1;1-3-2;;;/h1-9H;1-3H,4H2;1H,3H2,2H3;2*1H;/q;;;;;+2/p-2. The maximum Gasteiger partial charge on any atom is -1.00 e. The van der Waals surface area contributed by atoms with Crippen LogP contribution in [0.2, 0.25) is 0 Å². The van der Waals surface area contributed by atoms with E-state index in [1.165, 1.54) is 24.0 Å². The molecule has 0 nitrogen and oxygen atoms in total. The molecule has 122 valence electrons. The summed E-state index contributed by atoms with van der Waals surface area (Å²) in [6.45, 7) is 2.30. The van der Waals surface area contributed by atoms with Gasteiger partial charge in [0.05, 0.1) is 0 Å². The summed E-state index contributed by atoms with van der Waals surface area (Å²) >= 11 is -1.82. The molecule has 0 aromatic heterocycles. The zero-order valence-corrected chi connectivity index (χ0v) is 17.6. The van der Waals surface area contributed by atoms with Crippen molar-refractivity contribution < 1.29 is 46.1 Å². The van der Waals surface area contributed by atoms with Crippen LogP contribution >= 0.6 is 0 Å². The number of rotatable bonds is 3. The molecule has 0 N–H and O–H groups in total. The van der Waals surface area contributed by atoms with Crippen molar-refractivity contribution in [2.75, 3.05) is 0 Å². The van der Waals surface area contributed by atoms with Crippen LogP contribution in [0.5, 0.6) is 0 Å². The van der Waals surface area contributed by atoms with Gasteiger partial charge in [-0.1, -0.05) is 0 Å². The summed E-state index contributed by atoms with van der Waals surface area (Å²) in [5, 5.41) is 0. The number of allylic oxidation sites excluding steroid dienone is 4. The van der Waals surface area contributed by atoms with Crippen LogP contribution in [0.25, 0.3) is 11.1 Å². The Kier molecular flexibility index (Phi) is 6.99.